The van der Waals surface area contributed by atoms with E-state index in [0.29, 0.717) is 28.9 Å². The minimum Gasteiger partial charge on any atom is -0.406 e. The van der Waals surface area contributed by atoms with Crippen molar-refractivity contribution in [1.29, 1.82) is 0 Å². The van der Waals surface area contributed by atoms with Crippen molar-refractivity contribution in [3.63, 3.8) is 0 Å². The van der Waals surface area contributed by atoms with Gasteiger partial charge in [-0.1, -0.05) is 0 Å². The quantitative estimate of drug-likeness (QED) is 0.642. The molecular formula is C17H16BrF3N2O4S2. The second kappa shape index (κ2) is 8.62. The predicted octanol–water partition coefficient (Wildman–Crippen LogP) is 4.45. The summed E-state index contributed by atoms with van der Waals surface area (Å²) in [6, 6.07) is 7.93. The molecule has 1 aromatic carbocycles. The Bertz CT molecular complexity index is 977. The third-order valence-electron chi connectivity index (χ3n) is 4.25. The summed E-state index contributed by atoms with van der Waals surface area (Å²) in [6.07, 6.45) is -3.75. The minimum atomic E-state index is -4.79. The van der Waals surface area contributed by atoms with Crippen LogP contribution in [0, 0.1) is 5.92 Å². The van der Waals surface area contributed by atoms with Gasteiger partial charge in [0.2, 0.25) is 5.91 Å². The summed E-state index contributed by atoms with van der Waals surface area (Å²) in [5.41, 5.74) is 0.298. The number of sulfonamides is 1. The average molecular weight is 513 g/mol. The van der Waals surface area contributed by atoms with E-state index in [4.69, 9.17) is 0 Å². The Morgan fingerprint density at radius 2 is 1.90 bits per heavy atom. The van der Waals surface area contributed by atoms with Crippen molar-refractivity contribution in [3.8, 4) is 5.75 Å². The second-order valence-electron chi connectivity index (χ2n) is 6.32. The summed E-state index contributed by atoms with van der Waals surface area (Å²) < 4.78 is 68.1. The summed E-state index contributed by atoms with van der Waals surface area (Å²) in [7, 11) is -3.68. The highest BCUT2D eigenvalue weighted by Gasteiger charge is 2.34. The highest BCUT2D eigenvalue weighted by atomic mass is 79.9. The van der Waals surface area contributed by atoms with E-state index in [0.717, 1.165) is 23.5 Å². The number of hydrogen-bond donors (Lipinski definition) is 1. The first kappa shape index (κ1) is 22.1. The van der Waals surface area contributed by atoms with Crippen LogP contribution in [-0.2, 0) is 14.8 Å². The molecule has 1 amide bonds. The van der Waals surface area contributed by atoms with Crippen LogP contribution in [0.2, 0.25) is 0 Å². The molecule has 0 saturated carbocycles. The molecule has 1 aliphatic heterocycles. The molecule has 12 heteroatoms. The molecule has 0 radical (unpaired) electrons. The Kier molecular flexibility index (Phi) is 6.56. The summed E-state index contributed by atoms with van der Waals surface area (Å²) in [5, 5.41) is 2.62. The molecule has 0 bridgehead atoms. The molecule has 0 aliphatic carbocycles. The Labute approximate surface area is 177 Å². The molecule has 0 unspecified atom stereocenters. The molecule has 2 heterocycles. The van der Waals surface area contributed by atoms with Crippen LogP contribution >= 0.6 is 27.3 Å². The van der Waals surface area contributed by atoms with Gasteiger partial charge in [0.15, 0.2) is 0 Å². The maximum atomic E-state index is 12.8. The zero-order valence-corrected chi connectivity index (χ0v) is 18.0. The molecule has 29 heavy (non-hydrogen) atoms. The molecular weight excluding hydrogens is 497 g/mol. The smallest absolute Gasteiger partial charge is 0.406 e. The molecule has 1 atom stereocenters. The van der Waals surface area contributed by atoms with E-state index in [9.17, 15) is 26.4 Å². The molecule has 158 valence electrons. The standard InChI is InChI=1S/C17H16BrF3N2O4S2/c18-14-7-8-15(28-14)29(25,26)23-9-1-2-11(10-23)16(24)22-12-3-5-13(6-4-12)27-17(19,20)21/h3-8,11H,1-2,9-10H2,(H,22,24)/t11-/m0/s1. The number of carbonyl (C=O) groups is 1. The summed E-state index contributed by atoms with van der Waals surface area (Å²) in [5.74, 6) is -1.35. The number of halogens is 4. The van der Waals surface area contributed by atoms with E-state index in [1.165, 1.54) is 22.5 Å². The topological polar surface area (TPSA) is 75.7 Å². The van der Waals surface area contributed by atoms with Gasteiger partial charge in [0.25, 0.3) is 10.0 Å². The predicted molar refractivity (Wildman–Crippen MR) is 105 cm³/mol. The van der Waals surface area contributed by atoms with Crippen molar-refractivity contribution in [1.82, 2.24) is 4.31 Å². The number of alkyl halides is 3. The van der Waals surface area contributed by atoms with Gasteiger partial charge >= 0.3 is 6.36 Å². The monoisotopic (exact) mass is 512 g/mol. The van der Waals surface area contributed by atoms with Crippen molar-refractivity contribution >= 4 is 48.9 Å². The number of ether oxygens (including phenoxy) is 1. The lowest BCUT2D eigenvalue weighted by Crippen LogP contribution is -2.43. The van der Waals surface area contributed by atoms with Gasteiger partial charge in [-0.3, -0.25) is 4.79 Å². The maximum Gasteiger partial charge on any atom is 0.573 e. The molecule has 6 nitrogen and oxygen atoms in total. The number of anilines is 1. The van der Waals surface area contributed by atoms with Gasteiger partial charge < -0.3 is 10.1 Å². The number of nitrogens with one attached hydrogen (secondary N) is 1. The molecule has 1 fully saturated rings. The van der Waals surface area contributed by atoms with E-state index < -0.39 is 28.1 Å². The zero-order chi connectivity index (χ0) is 21.2. The molecule has 1 N–H and O–H groups in total. The first-order chi connectivity index (χ1) is 13.5. The number of piperidine rings is 1. The highest BCUT2D eigenvalue weighted by molar-refractivity contribution is 9.11. The number of benzene rings is 1. The number of thiophene rings is 1. The largest absolute Gasteiger partial charge is 0.573 e. The molecule has 1 aliphatic rings. The van der Waals surface area contributed by atoms with E-state index in [1.54, 1.807) is 6.07 Å². The van der Waals surface area contributed by atoms with Crippen molar-refractivity contribution in [3.05, 3.63) is 40.2 Å². The molecule has 0 spiro atoms. The fourth-order valence-corrected chi connectivity index (χ4v) is 6.61. The fraction of sp³-hybridized carbons (Fsp3) is 0.353. The normalized spacial score (nSPS) is 18.4. The fourth-order valence-electron chi connectivity index (χ4n) is 2.92. The van der Waals surface area contributed by atoms with Gasteiger partial charge in [0.1, 0.15) is 9.96 Å². The zero-order valence-electron chi connectivity index (χ0n) is 14.8. The van der Waals surface area contributed by atoms with Crippen LogP contribution in [0.4, 0.5) is 18.9 Å². The Morgan fingerprint density at radius 1 is 1.21 bits per heavy atom. The lowest BCUT2D eigenvalue weighted by Gasteiger charge is -2.30. The van der Waals surface area contributed by atoms with Crippen LogP contribution in [0.5, 0.6) is 5.75 Å². The van der Waals surface area contributed by atoms with Crippen molar-refractivity contribution in [2.75, 3.05) is 18.4 Å². The first-order valence-electron chi connectivity index (χ1n) is 8.47. The second-order valence-corrected chi connectivity index (χ2v) is 10.9. The van der Waals surface area contributed by atoms with Gasteiger partial charge in [-0.2, -0.15) is 4.31 Å². The summed E-state index contributed by atoms with van der Waals surface area (Å²) >= 11 is 4.34. The van der Waals surface area contributed by atoms with E-state index >= 15 is 0 Å². The molecule has 3 rings (SSSR count). The first-order valence-corrected chi connectivity index (χ1v) is 11.5. The number of nitrogens with zero attached hydrogens (tertiary/aromatic N) is 1. The SMILES string of the molecule is O=C(Nc1ccc(OC(F)(F)F)cc1)[C@H]1CCCN(S(=O)(=O)c2ccc(Br)s2)C1. The Morgan fingerprint density at radius 3 is 2.48 bits per heavy atom. The van der Waals surface area contributed by atoms with E-state index in [1.807, 2.05) is 0 Å². The van der Waals surface area contributed by atoms with Crippen LogP contribution in [0.25, 0.3) is 0 Å². The Balaban J connectivity index is 1.64. The highest BCUT2D eigenvalue weighted by Crippen LogP contribution is 2.31. The molecule has 2 aromatic rings. The van der Waals surface area contributed by atoms with E-state index in [-0.39, 0.29) is 16.7 Å². The summed E-state index contributed by atoms with van der Waals surface area (Å²) in [6.45, 7) is 0.365. The molecule has 1 aromatic heterocycles. The number of carbonyl (C=O) groups excluding carboxylic acids is 1. The lowest BCUT2D eigenvalue weighted by atomic mass is 9.99. The molecule has 1 saturated heterocycles. The van der Waals surface area contributed by atoms with E-state index in [2.05, 4.69) is 26.0 Å². The van der Waals surface area contributed by atoms with Gasteiger partial charge in [0, 0.05) is 18.8 Å². The average Bonchev–Trinajstić information content (AvgIpc) is 3.09. The van der Waals surface area contributed by atoms with Crippen LogP contribution < -0.4 is 10.1 Å². The van der Waals surface area contributed by atoms with Gasteiger partial charge in [0.05, 0.1) is 9.70 Å². The van der Waals surface area contributed by atoms with Crippen molar-refractivity contribution in [2.45, 2.75) is 23.4 Å². The lowest BCUT2D eigenvalue weighted by molar-refractivity contribution is -0.274. The maximum absolute atomic E-state index is 12.8. The minimum absolute atomic E-state index is 0.0406. The van der Waals surface area contributed by atoms with Crippen LogP contribution in [0.15, 0.2) is 44.4 Å². The third-order valence-corrected chi connectivity index (χ3v) is 8.21. The third kappa shape index (κ3) is 5.71. The van der Waals surface area contributed by atoms with Crippen LogP contribution in [-0.4, -0.2) is 38.1 Å². The van der Waals surface area contributed by atoms with Gasteiger partial charge in [-0.05, 0) is 65.2 Å². The Hall–Kier alpha value is -1.63. The number of amides is 1. The number of hydrogen-bond acceptors (Lipinski definition) is 5. The van der Waals surface area contributed by atoms with Crippen molar-refractivity contribution in [2.24, 2.45) is 5.92 Å². The van der Waals surface area contributed by atoms with Gasteiger partial charge in [-0.25, -0.2) is 8.42 Å². The van der Waals surface area contributed by atoms with Crippen LogP contribution in [0.1, 0.15) is 12.8 Å². The van der Waals surface area contributed by atoms with Crippen LogP contribution in [0.3, 0.4) is 0 Å². The van der Waals surface area contributed by atoms with Gasteiger partial charge in [-0.15, -0.1) is 24.5 Å². The number of rotatable bonds is 5. The summed E-state index contributed by atoms with van der Waals surface area (Å²) in [4.78, 5) is 12.5. The van der Waals surface area contributed by atoms with Crippen molar-refractivity contribution < 1.29 is 31.1 Å².